The highest BCUT2D eigenvalue weighted by atomic mass is 32.2. The minimum atomic E-state index is -3.89. The Bertz CT molecular complexity index is 1580. The molecule has 0 unspecified atom stereocenters. The van der Waals surface area contributed by atoms with Crippen molar-refractivity contribution in [3.05, 3.63) is 71.2 Å². The predicted molar refractivity (Wildman–Crippen MR) is 187 cm³/mol. The van der Waals surface area contributed by atoms with Crippen LogP contribution in [0.15, 0.2) is 53.6 Å². The first-order chi connectivity index (χ1) is 22.6. The van der Waals surface area contributed by atoms with Crippen molar-refractivity contribution in [1.29, 1.82) is 0 Å². The summed E-state index contributed by atoms with van der Waals surface area (Å²) in [5, 5.41) is 3.50. The third-order valence-electron chi connectivity index (χ3n) is 9.93. The summed E-state index contributed by atoms with van der Waals surface area (Å²) in [5.74, 6) is 1.72. The second kappa shape index (κ2) is 15.3. The molecule has 0 bridgehead atoms. The van der Waals surface area contributed by atoms with Gasteiger partial charge in [0.25, 0.3) is 10.0 Å². The van der Waals surface area contributed by atoms with E-state index in [-0.39, 0.29) is 6.61 Å². The number of rotatable bonds is 15. The molecule has 5 rings (SSSR count). The first-order valence-electron chi connectivity index (χ1n) is 16.9. The van der Waals surface area contributed by atoms with Gasteiger partial charge in [0.1, 0.15) is 18.2 Å². The van der Waals surface area contributed by atoms with E-state index < -0.39 is 16.1 Å². The molecule has 3 heterocycles. The third kappa shape index (κ3) is 7.91. The van der Waals surface area contributed by atoms with Crippen LogP contribution < -0.4 is 19.1 Å². The average molecular weight is 665 g/mol. The summed E-state index contributed by atoms with van der Waals surface area (Å²) in [6.45, 7) is 10.7. The van der Waals surface area contributed by atoms with Gasteiger partial charge >= 0.3 is 0 Å². The van der Waals surface area contributed by atoms with Crippen molar-refractivity contribution < 1.29 is 17.9 Å². The summed E-state index contributed by atoms with van der Waals surface area (Å²) in [6.07, 6.45) is 8.49. The molecule has 0 amide bonds. The van der Waals surface area contributed by atoms with E-state index in [1.165, 1.54) is 36.4 Å². The molecule has 0 aliphatic carbocycles. The molecular weight excluding hydrogens is 613 g/mol. The topological polar surface area (TPSA) is 100 Å². The number of nitrogens with zero attached hydrogens (tertiary/aromatic N) is 5. The van der Waals surface area contributed by atoms with Crippen molar-refractivity contribution in [2.75, 3.05) is 58.3 Å². The fourth-order valence-corrected chi connectivity index (χ4v) is 9.30. The number of ether oxygens (including phenoxy) is 2. The van der Waals surface area contributed by atoms with E-state index in [0.29, 0.717) is 57.7 Å². The number of hydrogen-bond acceptors (Lipinski definition) is 9. The summed E-state index contributed by atoms with van der Waals surface area (Å²) in [5.41, 5.74) is 3.29. The molecule has 10 nitrogen and oxygen atoms in total. The molecule has 2 aliphatic rings. The van der Waals surface area contributed by atoms with Gasteiger partial charge in [0.2, 0.25) is 5.88 Å². The molecule has 1 fully saturated rings. The van der Waals surface area contributed by atoms with Crippen LogP contribution in [0, 0.1) is 13.8 Å². The number of anilines is 1. The molecule has 1 atom stereocenters. The second-order valence-corrected chi connectivity index (χ2v) is 15.0. The fourth-order valence-electron chi connectivity index (χ4n) is 7.20. The lowest BCUT2D eigenvalue weighted by atomic mass is 9.82. The molecule has 1 saturated heterocycles. The summed E-state index contributed by atoms with van der Waals surface area (Å²) < 4.78 is 41.6. The Kier molecular flexibility index (Phi) is 11.4. The van der Waals surface area contributed by atoms with Gasteiger partial charge in [-0.25, -0.2) is 13.4 Å². The van der Waals surface area contributed by atoms with Crippen LogP contribution in [0.4, 0.5) is 5.69 Å². The van der Waals surface area contributed by atoms with Gasteiger partial charge in [-0.3, -0.25) is 4.31 Å². The molecule has 1 N–H and O–H groups in total. The van der Waals surface area contributed by atoms with E-state index in [9.17, 15) is 8.42 Å². The lowest BCUT2D eigenvalue weighted by Crippen LogP contribution is -2.53. The van der Waals surface area contributed by atoms with Crippen LogP contribution in [0.1, 0.15) is 61.5 Å². The SMILES string of the molecule is CCCCC1(N(C)C)CCN(CCNCc2nccc(OC[C@@H]3Cc4ccccc4N3S(=O)(=O)c3c(C)cc(OC)cc3C)n2)CC1. The van der Waals surface area contributed by atoms with Crippen molar-refractivity contribution in [3.8, 4) is 11.6 Å². The average Bonchev–Trinajstić information content (AvgIpc) is 3.44. The molecule has 0 saturated carbocycles. The number of nitrogens with one attached hydrogen (secondary N) is 1. The zero-order chi connectivity index (χ0) is 33.6. The van der Waals surface area contributed by atoms with E-state index in [0.717, 1.165) is 31.7 Å². The molecule has 2 aromatic carbocycles. The Balaban J connectivity index is 1.18. The predicted octanol–water partition coefficient (Wildman–Crippen LogP) is 4.98. The van der Waals surface area contributed by atoms with Crippen molar-refractivity contribution >= 4 is 15.7 Å². The Labute approximate surface area is 281 Å². The van der Waals surface area contributed by atoms with Gasteiger partial charge < -0.3 is 24.6 Å². The normalized spacial score (nSPS) is 18.0. The highest BCUT2D eigenvalue weighted by Gasteiger charge is 2.40. The van der Waals surface area contributed by atoms with Gasteiger partial charge in [0, 0.05) is 30.9 Å². The summed E-state index contributed by atoms with van der Waals surface area (Å²) in [4.78, 5) is 14.4. The summed E-state index contributed by atoms with van der Waals surface area (Å²) in [7, 11) is 2.16. The monoisotopic (exact) mass is 664 g/mol. The third-order valence-corrected chi connectivity index (χ3v) is 12.1. The van der Waals surface area contributed by atoms with Crippen LogP contribution in [-0.4, -0.2) is 93.8 Å². The van der Waals surface area contributed by atoms with E-state index in [1.54, 1.807) is 31.5 Å². The minimum absolute atomic E-state index is 0.160. The number of methoxy groups -OCH3 is 1. The van der Waals surface area contributed by atoms with Gasteiger partial charge in [-0.2, -0.15) is 4.98 Å². The van der Waals surface area contributed by atoms with Gasteiger partial charge in [0.15, 0.2) is 0 Å². The molecule has 3 aromatic rings. The Morgan fingerprint density at radius 1 is 1.09 bits per heavy atom. The van der Waals surface area contributed by atoms with Crippen molar-refractivity contribution in [1.82, 2.24) is 25.1 Å². The standard InChI is InChI=1S/C36H52N6O4S/c1-7-8-14-36(40(4)5)15-19-41(20-16-36)21-18-37-25-33-38-17-13-34(39-33)46-26-30-24-29-11-9-10-12-32(29)42(30)47(43,44)35-27(2)22-31(45-6)23-28(35)3/h9-13,17,22-23,30,37H,7-8,14-16,18-21,24-26H2,1-6H3/t30-/m0/s1. The van der Waals surface area contributed by atoms with Crippen LogP contribution >= 0.6 is 0 Å². The Morgan fingerprint density at radius 2 is 1.81 bits per heavy atom. The highest BCUT2D eigenvalue weighted by Crippen LogP contribution is 2.39. The number of aryl methyl sites for hydroxylation is 2. The number of likely N-dealkylation sites (tertiary alicyclic amines) is 1. The molecule has 0 spiro atoms. The molecule has 0 radical (unpaired) electrons. The number of benzene rings is 2. The zero-order valence-electron chi connectivity index (χ0n) is 29.0. The van der Waals surface area contributed by atoms with Gasteiger partial charge in [-0.15, -0.1) is 0 Å². The van der Waals surface area contributed by atoms with E-state index >= 15 is 0 Å². The zero-order valence-corrected chi connectivity index (χ0v) is 29.8. The van der Waals surface area contributed by atoms with Crippen LogP contribution in [0.2, 0.25) is 0 Å². The van der Waals surface area contributed by atoms with Crippen molar-refractivity contribution in [2.24, 2.45) is 0 Å². The maximum absolute atomic E-state index is 14.3. The van der Waals surface area contributed by atoms with Gasteiger partial charge in [-0.05, 0) is 102 Å². The molecule has 11 heteroatoms. The van der Waals surface area contributed by atoms with Crippen LogP contribution in [0.3, 0.4) is 0 Å². The Morgan fingerprint density at radius 3 is 2.49 bits per heavy atom. The van der Waals surface area contributed by atoms with Crippen LogP contribution in [0.25, 0.3) is 0 Å². The largest absolute Gasteiger partial charge is 0.497 e. The fraction of sp³-hybridized carbons (Fsp3) is 0.556. The van der Waals surface area contributed by atoms with Crippen molar-refractivity contribution in [3.63, 3.8) is 0 Å². The Hall–Kier alpha value is -3.25. The number of piperidine rings is 1. The van der Waals surface area contributed by atoms with E-state index in [1.807, 2.05) is 38.1 Å². The van der Waals surface area contributed by atoms with Gasteiger partial charge in [0.05, 0.1) is 30.3 Å². The summed E-state index contributed by atoms with van der Waals surface area (Å²) >= 11 is 0. The van der Waals surface area contributed by atoms with Gasteiger partial charge in [-0.1, -0.05) is 38.0 Å². The molecule has 47 heavy (non-hydrogen) atoms. The number of sulfonamides is 1. The number of aromatic nitrogens is 2. The molecule has 2 aliphatic heterocycles. The molecule has 1 aromatic heterocycles. The van der Waals surface area contributed by atoms with Crippen molar-refractivity contribution in [2.45, 2.75) is 82.3 Å². The van der Waals surface area contributed by atoms with E-state index in [2.05, 4.69) is 46.1 Å². The second-order valence-electron chi connectivity index (χ2n) is 13.2. The lowest BCUT2D eigenvalue weighted by Gasteiger charge is -2.46. The summed E-state index contributed by atoms with van der Waals surface area (Å²) in [6, 6.07) is 12.5. The smallest absolute Gasteiger partial charge is 0.265 e. The quantitative estimate of drug-likeness (QED) is 0.226. The maximum Gasteiger partial charge on any atom is 0.265 e. The minimum Gasteiger partial charge on any atom is -0.497 e. The number of unbranched alkanes of at least 4 members (excludes halogenated alkanes) is 1. The first kappa shape index (κ1) is 35.1. The van der Waals surface area contributed by atoms with Crippen LogP contribution in [0.5, 0.6) is 11.6 Å². The van der Waals surface area contributed by atoms with E-state index in [4.69, 9.17) is 9.47 Å². The number of para-hydroxylation sites is 1. The number of fused-ring (bicyclic) bond motifs is 1. The molecular formula is C36H52N6O4S. The maximum atomic E-state index is 14.3. The number of hydrogen-bond donors (Lipinski definition) is 1. The molecule has 256 valence electrons. The highest BCUT2D eigenvalue weighted by molar-refractivity contribution is 7.93. The van der Waals surface area contributed by atoms with Crippen LogP contribution in [-0.2, 0) is 23.0 Å². The first-order valence-corrected chi connectivity index (χ1v) is 18.3. The lowest BCUT2D eigenvalue weighted by molar-refractivity contribution is 0.0477.